The second-order valence-electron chi connectivity index (χ2n) is 4.85. The maximum absolute atomic E-state index is 9.53. The van der Waals surface area contributed by atoms with Gasteiger partial charge in [0, 0.05) is 29.5 Å². The lowest BCUT2D eigenvalue weighted by Gasteiger charge is -2.10. The second kappa shape index (κ2) is 5.18. The number of aromatic hydroxyl groups is 1. The topological polar surface area (TPSA) is 84.4 Å². The number of hydrogen-bond donors (Lipinski definition) is 2. The third-order valence-electron chi connectivity index (χ3n) is 3.20. The fourth-order valence-corrected chi connectivity index (χ4v) is 2.37. The van der Waals surface area contributed by atoms with E-state index in [4.69, 9.17) is 17.3 Å². The molecule has 0 aliphatic carbocycles. The molecule has 1 aliphatic heterocycles. The predicted molar refractivity (Wildman–Crippen MR) is 84.3 cm³/mol. The zero-order valence-corrected chi connectivity index (χ0v) is 12.1. The Morgan fingerprint density at radius 3 is 2.76 bits per heavy atom. The zero-order chi connectivity index (χ0) is 15.0. The standard InChI is InChI=1S/C15H13ClN4O/c1-8-4-10(6-18-8)15-14(19-7-13(17)20-15)9-2-3-12(21)11(16)5-9/h2-3,5-7,21H,4H2,1H3,(H2,17,20). The highest BCUT2D eigenvalue weighted by molar-refractivity contribution is 6.32. The summed E-state index contributed by atoms with van der Waals surface area (Å²) in [5.41, 5.74) is 9.87. The summed E-state index contributed by atoms with van der Waals surface area (Å²) in [6, 6.07) is 4.93. The lowest BCUT2D eigenvalue weighted by molar-refractivity contribution is 0.475. The molecule has 0 amide bonds. The Hall–Kier alpha value is -2.40. The first-order valence-electron chi connectivity index (χ1n) is 6.38. The molecule has 0 atom stereocenters. The van der Waals surface area contributed by atoms with Gasteiger partial charge in [0.25, 0.3) is 0 Å². The average molecular weight is 301 g/mol. The highest BCUT2D eigenvalue weighted by Gasteiger charge is 2.17. The Kier molecular flexibility index (Phi) is 3.35. The maximum Gasteiger partial charge on any atom is 0.142 e. The molecule has 0 radical (unpaired) electrons. The van der Waals surface area contributed by atoms with Crippen molar-refractivity contribution < 1.29 is 5.11 Å². The maximum atomic E-state index is 9.53. The number of rotatable bonds is 2. The number of aromatic nitrogens is 2. The number of phenols is 1. The molecular weight excluding hydrogens is 288 g/mol. The monoisotopic (exact) mass is 300 g/mol. The molecule has 1 aliphatic rings. The van der Waals surface area contributed by atoms with Gasteiger partial charge in [0.15, 0.2) is 0 Å². The van der Waals surface area contributed by atoms with Crippen LogP contribution >= 0.6 is 11.6 Å². The smallest absolute Gasteiger partial charge is 0.142 e. The number of benzene rings is 1. The minimum absolute atomic E-state index is 0.0321. The fraction of sp³-hybridized carbons (Fsp3) is 0.133. The van der Waals surface area contributed by atoms with Crippen LogP contribution in [0.4, 0.5) is 5.82 Å². The summed E-state index contributed by atoms with van der Waals surface area (Å²) in [5.74, 6) is 0.383. The number of nitrogens with two attached hydrogens (primary N) is 1. The predicted octanol–water partition coefficient (Wildman–Crippen LogP) is 3.29. The summed E-state index contributed by atoms with van der Waals surface area (Å²) < 4.78 is 0. The molecule has 3 rings (SSSR count). The SMILES string of the molecule is CC1=NC=C(c2nc(N)cnc2-c2ccc(O)c(Cl)c2)C1. The number of allylic oxidation sites excluding steroid dienone is 1. The molecule has 1 aromatic carbocycles. The molecule has 3 N–H and O–H groups in total. The van der Waals surface area contributed by atoms with Gasteiger partial charge in [-0.3, -0.25) is 9.98 Å². The Balaban J connectivity index is 2.12. The van der Waals surface area contributed by atoms with Gasteiger partial charge in [0.1, 0.15) is 11.6 Å². The normalized spacial score (nSPS) is 14.0. The summed E-state index contributed by atoms with van der Waals surface area (Å²) >= 11 is 5.97. The molecule has 106 valence electrons. The molecule has 0 bridgehead atoms. The van der Waals surface area contributed by atoms with Gasteiger partial charge in [-0.15, -0.1) is 0 Å². The highest BCUT2D eigenvalue weighted by Crippen LogP contribution is 2.34. The zero-order valence-electron chi connectivity index (χ0n) is 11.3. The number of nitrogen functional groups attached to an aromatic ring is 1. The van der Waals surface area contributed by atoms with E-state index >= 15 is 0 Å². The van der Waals surface area contributed by atoms with E-state index in [0.717, 1.165) is 23.3 Å². The van der Waals surface area contributed by atoms with Gasteiger partial charge in [0.2, 0.25) is 0 Å². The van der Waals surface area contributed by atoms with Gasteiger partial charge in [-0.25, -0.2) is 4.98 Å². The van der Waals surface area contributed by atoms with Gasteiger partial charge in [-0.05, 0) is 25.1 Å². The minimum atomic E-state index is 0.0321. The average Bonchev–Trinajstić information content (AvgIpc) is 2.88. The molecule has 21 heavy (non-hydrogen) atoms. The van der Waals surface area contributed by atoms with Crippen molar-refractivity contribution in [2.24, 2.45) is 4.99 Å². The van der Waals surface area contributed by atoms with Crippen LogP contribution in [-0.4, -0.2) is 20.8 Å². The van der Waals surface area contributed by atoms with E-state index < -0.39 is 0 Å². The third-order valence-corrected chi connectivity index (χ3v) is 3.51. The van der Waals surface area contributed by atoms with Crippen LogP contribution in [0.2, 0.25) is 5.02 Å². The van der Waals surface area contributed by atoms with Crippen molar-refractivity contribution in [3.8, 4) is 17.0 Å². The Morgan fingerprint density at radius 1 is 1.29 bits per heavy atom. The fourth-order valence-electron chi connectivity index (χ4n) is 2.19. The molecule has 2 heterocycles. The number of phenolic OH excluding ortho intramolecular Hbond substituents is 1. The van der Waals surface area contributed by atoms with Crippen molar-refractivity contribution in [3.05, 3.63) is 41.3 Å². The number of hydrogen-bond acceptors (Lipinski definition) is 5. The lowest BCUT2D eigenvalue weighted by Crippen LogP contribution is -2.01. The number of halogens is 1. The highest BCUT2D eigenvalue weighted by atomic mass is 35.5. The number of aliphatic imine (C=N–C) groups is 1. The van der Waals surface area contributed by atoms with Crippen molar-refractivity contribution in [1.29, 1.82) is 0 Å². The first kappa shape index (κ1) is 13.6. The second-order valence-corrected chi connectivity index (χ2v) is 5.26. The Morgan fingerprint density at radius 2 is 2.10 bits per heavy atom. The molecule has 0 unspecified atom stereocenters. The van der Waals surface area contributed by atoms with Crippen LogP contribution in [0, 0.1) is 0 Å². The van der Waals surface area contributed by atoms with E-state index in [0.29, 0.717) is 17.2 Å². The van der Waals surface area contributed by atoms with Crippen molar-refractivity contribution >= 4 is 28.7 Å². The largest absolute Gasteiger partial charge is 0.506 e. The van der Waals surface area contributed by atoms with Crippen LogP contribution in [-0.2, 0) is 0 Å². The molecule has 2 aromatic rings. The van der Waals surface area contributed by atoms with Crippen LogP contribution in [0.25, 0.3) is 16.8 Å². The van der Waals surface area contributed by atoms with E-state index in [-0.39, 0.29) is 10.8 Å². The van der Waals surface area contributed by atoms with E-state index in [1.54, 1.807) is 18.3 Å². The van der Waals surface area contributed by atoms with Crippen molar-refractivity contribution in [1.82, 2.24) is 9.97 Å². The van der Waals surface area contributed by atoms with E-state index in [1.807, 2.05) is 6.92 Å². The Bertz CT molecular complexity index is 783. The van der Waals surface area contributed by atoms with Gasteiger partial charge in [0.05, 0.1) is 22.6 Å². The lowest BCUT2D eigenvalue weighted by atomic mass is 10.0. The van der Waals surface area contributed by atoms with E-state index in [9.17, 15) is 5.11 Å². The van der Waals surface area contributed by atoms with Crippen LogP contribution in [0.3, 0.4) is 0 Å². The van der Waals surface area contributed by atoms with Crippen molar-refractivity contribution in [2.75, 3.05) is 5.73 Å². The first-order chi connectivity index (χ1) is 10.0. The summed E-state index contributed by atoms with van der Waals surface area (Å²) in [7, 11) is 0. The van der Waals surface area contributed by atoms with Gasteiger partial charge in [-0.2, -0.15) is 0 Å². The molecule has 0 saturated carbocycles. The van der Waals surface area contributed by atoms with Gasteiger partial charge < -0.3 is 10.8 Å². The van der Waals surface area contributed by atoms with Crippen LogP contribution in [0.15, 0.2) is 35.6 Å². The van der Waals surface area contributed by atoms with Crippen LogP contribution in [0.1, 0.15) is 19.0 Å². The number of nitrogens with zero attached hydrogens (tertiary/aromatic N) is 3. The molecule has 1 aromatic heterocycles. The Labute approximate surface area is 126 Å². The van der Waals surface area contributed by atoms with Crippen molar-refractivity contribution in [3.63, 3.8) is 0 Å². The van der Waals surface area contributed by atoms with E-state index in [2.05, 4.69) is 15.0 Å². The van der Waals surface area contributed by atoms with Gasteiger partial charge in [-0.1, -0.05) is 11.6 Å². The molecule has 6 heteroatoms. The van der Waals surface area contributed by atoms with Gasteiger partial charge >= 0.3 is 0 Å². The molecule has 0 fully saturated rings. The van der Waals surface area contributed by atoms with E-state index in [1.165, 1.54) is 12.3 Å². The summed E-state index contributed by atoms with van der Waals surface area (Å²) in [5, 5.41) is 9.80. The first-order valence-corrected chi connectivity index (χ1v) is 6.76. The number of anilines is 1. The van der Waals surface area contributed by atoms with Crippen molar-refractivity contribution in [2.45, 2.75) is 13.3 Å². The van der Waals surface area contributed by atoms with Crippen LogP contribution in [0.5, 0.6) is 5.75 Å². The summed E-state index contributed by atoms with van der Waals surface area (Å²) in [4.78, 5) is 13.0. The summed E-state index contributed by atoms with van der Waals surface area (Å²) in [6.45, 7) is 1.96. The molecule has 0 saturated heterocycles. The minimum Gasteiger partial charge on any atom is -0.506 e. The molecule has 0 spiro atoms. The quantitative estimate of drug-likeness (QED) is 0.891. The molecular formula is C15H13ClN4O. The summed E-state index contributed by atoms with van der Waals surface area (Å²) in [6.07, 6.45) is 4.00. The molecule has 5 nitrogen and oxygen atoms in total. The third kappa shape index (κ3) is 2.60. The van der Waals surface area contributed by atoms with Crippen LogP contribution < -0.4 is 5.73 Å².